The van der Waals surface area contributed by atoms with Crippen LogP contribution in [0.4, 0.5) is 22.1 Å². The van der Waals surface area contributed by atoms with Crippen LogP contribution < -0.4 is 14.3 Å². The normalized spacial score (nSPS) is 11.7. The molecular weight excluding hydrogens is 529 g/mol. The van der Waals surface area contributed by atoms with Crippen molar-refractivity contribution in [2.24, 2.45) is 0 Å². The van der Waals surface area contributed by atoms with Gasteiger partial charge in [-0.25, -0.2) is 27.9 Å². The minimum Gasteiger partial charge on any atom is -0.307 e. The van der Waals surface area contributed by atoms with Crippen molar-refractivity contribution >= 4 is 66.9 Å². The number of anilines is 3. The molecule has 0 aliphatic heterocycles. The second kappa shape index (κ2) is 9.72. The van der Waals surface area contributed by atoms with Gasteiger partial charge >= 0.3 is 16.3 Å². The van der Waals surface area contributed by atoms with Crippen molar-refractivity contribution in [2.45, 2.75) is 18.7 Å². The van der Waals surface area contributed by atoms with Crippen molar-refractivity contribution in [1.82, 2.24) is 9.97 Å². The van der Waals surface area contributed by atoms with Crippen molar-refractivity contribution in [3.05, 3.63) is 70.0 Å². The number of aryl methyl sites for hydroxylation is 2. The summed E-state index contributed by atoms with van der Waals surface area (Å²) in [6, 6.07) is 8.80. The monoisotopic (exact) mass is 545 g/mol. The van der Waals surface area contributed by atoms with Gasteiger partial charge in [0.25, 0.3) is 10.0 Å². The van der Waals surface area contributed by atoms with E-state index < -0.39 is 26.4 Å². The summed E-state index contributed by atoms with van der Waals surface area (Å²) < 4.78 is 60.8. The number of rotatable bonds is 6. The molecule has 0 saturated heterocycles. The molecule has 0 unspecified atom stereocenters. The van der Waals surface area contributed by atoms with Gasteiger partial charge in [-0.15, -0.1) is 0 Å². The van der Waals surface area contributed by atoms with Crippen LogP contribution >= 0.6 is 23.2 Å². The zero-order chi connectivity index (χ0) is 25.3. The predicted molar refractivity (Wildman–Crippen MR) is 128 cm³/mol. The van der Waals surface area contributed by atoms with Crippen LogP contribution in [0.25, 0.3) is 0 Å². The number of carbonyl (C=O) groups excluding carboxylic acids is 1. The lowest BCUT2D eigenvalue weighted by Crippen LogP contribution is -2.39. The number of aromatic nitrogens is 2. The van der Waals surface area contributed by atoms with E-state index in [0.717, 1.165) is 6.07 Å². The maximum atomic E-state index is 12.6. The molecule has 34 heavy (non-hydrogen) atoms. The Labute approximate surface area is 205 Å². The van der Waals surface area contributed by atoms with Crippen molar-refractivity contribution in [1.29, 1.82) is 0 Å². The zero-order valence-electron chi connectivity index (χ0n) is 17.5. The molecule has 3 rings (SSSR count). The molecule has 3 aromatic rings. The average molecular weight is 546 g/mol. The van der Waals surface area contributed by atoms with Gasteiger partial charge in [0.15, 0.2) is 0 Å². The van der Waals surface area contributed by atoms with Crippen molar-refractivity contribution in [3.63, 3.8) is 0 Å². The quantitative estimate of drug-likeness (QED) is 0.391. The van der Waals surface area contributed by atoms with Crippen molar-refractivity contribution < 1.29 is 26.2 Å². The van der Waals surface area contributed by atoms with Crippen molar-refractivity contribution in [3.8, 4) is 0 Å². The Morgan fingerprint density at radius 2 is 1.53 bits per heavy atom. The molecule has 0 saturated carbocycles. The second-order valence-electron chi connectivity index (χ2n) is 6.87. The molecule has 0 atom stereocenters. The van der Waals surface area contributed by atoms with Crippen LogP contribution in [0.5, 0.6) is 0 Å². The van der Waals surface area contributed by atoms with Gasteiger partial charge in [-0.3, -0.25) is 4.55 Å². The SMILES string of the molecule is Cc1cc(C)nc(NS(=O)(=O)c2ccc(NC(=O)N(c3ccc(Cl)cc3Cl)S(=O)(=O)O)cc2)n1. The lowest BCUT2D eigenvalue weighted by Gasteiger charge is -2.20. The molecule has 0 fully saturated rings. The van der Waals surface area contributed by atoms with Crippen LogP contribution in [-0.2, 0) is 20.3 Å². The Morgan fingerprint density at radius 3 is 2.06 bits per heavy atom. The van der Waals surface area contributed by atoms with Gasteiger partial charge in [0.2, 0.25) is 5.95 Å². The standard InChI is InChI=1S/C19H17Cl2N5O6S2/c1-11-9-12(2)23-18(22-11)25-33(28,29)15-6-4-14(5-7-15)24-19(27)26(34(30,31)32)17-8-3-13(20)10-16(17)21/h3-10H,1-2H3,(H,24,27)(H,22,23,25)(H,30,31,32). The van der Waals surface area contributed by atoms with Gasteiger partial charge in [0.05, 0.1) is 15.6 Å². The highest BCUT2D eigenvalue weighted by atomic mass is 35.5. The number of halogens is 2. The van der Waals surface area contributed by atoms with Crippen LogP contribution in [0, 0.1) is 13.8 Å². The summed E-state index contributed by atoms with van der Waals surface area (Å²) in [4.78, 5) is 20.5. The van der Waals surface area contributed by atoms with E-state index in [1.807, 2.05) is 0 Å². The van der Waals surface area contributed by atoms with E-state index in [0.29, 0.717) is 11.4 Å². The summed E-state index contributed by atoms with van der Waals surface area (Å²) in [6.45, 7) is 3.38. The van der Waals surface area contributed by atoms with E-state index in [2.05, 4.69) is 20.0 Å². The summed E-state index contributed by atoms with van der Waals surface area (Å²) in [5.41, 5.74) is 0.841. The molecule has 180 valence electrons. The average Bonchev–Trinajstić information content (AvgIpc) is 2.68. The fraction of sp³-hybridized carbons (Fsp3) is 0.105. The van der Waals surface area contributed by atoms with Gasteiger partial charge in [-0.05, 0) is 62.4 Å². The minimum atomic E-state index is -5.07. The fourth-order valence-corrected chi connectivity index (χ4v) is 4.98. The van der Waals surface area contributed by atoms with Crippen LogP contribution in [0.2, 0.25) is 10.0 Å². The Kier molecular flexibility index (Phi) is 7.33. The summed E-state index contributed by atoms with van der Waals surface area (Å²) in [7, 11) is -9.12. The second-order valence-corrected chi connectivity index (χ2v) is 10.7. The number of hydrogen-bond donors (Lipinski definition) is 3. The maximum absolute atomic E-state index is 12.6. The van der Waals surface area contributed by atoms with Crippen LogP contribution in [0.15, 0.2) is 53.4 Å². The van der Waals surface area contributed by atoms with Gasteiger partial charge in [-0.2, -0.15) is 12.7 Å². The third-order valence-corrected chi connectivity index (χ3v) is 6.87. The Bertz CT molecular complexity index is 1440. The molecule has 11 nitrogen and oxygen atoms in total. The largest absolute Gasteiger partial charge is 0.368 e. The predicted octanol–water partition coefficient (Wildman–Crippen LogP) is 4.04. The topological polar surface area (TPSA) is 159 Å². The van der Waals surface area contributed by atoms with E-state index >= 15 is 0 Å². The van der Waals surface area contributed by atoms with Crippen LogP contribution in [0.3, 0.4) is 0 Å². The molecule has 15 heteroatoms. The van der Waals surface area contributed by atoms with E-state index in [1.165, 1.54) is 36.4 Å². The first-order chi connectivity index (χ1) is 15.8. The first-order valence-electron chi connectivity index (χ1n) is 9.25. The van der Waals surface area contributed by atoms with Gasteiger partial charge in [0.1, 0.15) is 0 Å². The molecule has 2 amide bonds. The van der Waals surface area contributed by atoms with Crippen LogP contribution in [0.1, 0.15) is 11.4 Å². The molecule has 2 aromatic carbocycles. The molecule has 3 N–H and O–H groups in total. The van der Waals surface area contributed by atoms with E-state index in [4.69, 9.17) is 23.2 Å². The fourth-order valence-electron chi connectivity index (χ4n) is 2.83. The lowest BCUT2D eigenvalue weighted by molar-refractivity contribution is 0.259. The van der Waals surface area contributed by atoms with E-state index in [-0.39, 0.29) is 36.6 Å². The van der Waals surface area contributed by atoms with Gasteiger partial charge < -0.3 is 5.32 Å². The molecule has 0 aliphatic rings. The Morgan fingerprint density at radius 1 is 0.941 bits per heavy atom. The molecule has 0 bridgehead atoms. The summed E-state index contributed by atoms with van der Waals surface area (Å²) in [5.74, 6) is -0.0986. The first-order valence-corrected chi connectivity index (χ1v) is 12.9. The number of hydrogen-bond acceptors (Lipinski definition) is 7. The zero-order valence-corrected chi connectivity index (χ0v) is 20.7. The number of amides is 2. The lowest BCUT2D eigenvalue weighted by atomic mass is 10.3. The Hall–Kier alpha value is -2.97. The highest BCUT2D eigenvalue weighted by Crippen LogP contribution is 2.31. The highest BCUT2D eigenvalue weighted by molar-refractivity contribution is 7.92. The summed E-state index contributed by atoms with van der Waals surface area (Å²) in [5, 5.41) is 2.22. The van der Waals surface area contributed by atoms with E-state index in [9.17, 15) is 26.2 Å². The summed E-state index contributed by atoms with van der Waals surface area (Å²) in [6.07, 6.45) is 0. The Balaban J connectivity index is 1.83. The number of benzene rings is 2. The van der Waals surface area contributed by atoms with E-state index in [1.54, 1.807) is 19.9 Å². The molecule has 0 spiro atoms. The maximum Gasteiger partial charge on any atom is 0.368 e. The third kappa shape index (κ3) is 6.12. The number of sulfonamides is 1. The van der Waals surface area contributed by atoms with Crippen LogP contribution in [-0.4, -0.2) is 37.4 Å². The third-order valence-electron chi connectivity index (χ3n) is 4.17. The molecule has 1 aromatic heterocycles. The molecule has 0 aliphatic carbocycles. The van der Waals surface area contributed by atoms with Crippen molar-refractivity contribution in [2.75, 3.05) is 14.3 Å². The molecule has 0 radical (unpaired) electrons. The number of nitrogens with one attached hydrogen (secondary N) is 2. The molecular formula is C19H17Cl2N5O6S2. The van der Waals surface area contributed by atoms with Gasteiger partial charge in [0, 0.05) is 22.1 Å². The molecule has 1 heterocycles. The number of carbonyl (C=O) groups is 1. The first kappa shape index (κ1) is 25.6. The highest BCUT2D eigenvalue weighted by Gasteiger charge is 2.30. The number of urea groups is 1. The minimum absolute atomic E-state index is 0.0327. The number of nitrogens with zero attached hydrogens (tertiary/aromatic N) is 3. The smallest absolute Gasteiger partial charge is 0.307 e. The summed E-state index contributed by atoms with van der Waals surface area (Å²) >= 11 is 11.8. The van der Waals surface area contributed by atoms with Gasteiger partial charge in [-0.1, -0.05) is 23.2 Å².